The lowest BCUT2D eigenvalue weighted by Crippen LogP contribution is -2.57. The third-order valence-corrected chi connectivity index (χ3v) is 4.95. The number of carbonyl (C=O) groups is 2. The smallest absolute Gasteiger partial charge is 0.315 e. The van der Waals surface area contributed by atoms with Crippen molar-refractivity contribution < 1.29 is 14.0 Å². The van der Waals surface area contributed by atoms with Crippen molar-refractivity contribution in [3.8, 4) is 0 Å². The highest BCUT2D eigenvalue weighted by molar-refractivity contribution is 6.30. The van der Waals surface area contributed by atoms with Crippen molar-refractivity contribution in [2.45, 2.75) is 37.8 Å². The van der Waals surface area contributed by atoms with Gasteiger partial charge < -0.3 is 16.0 Å². The molecule has 0 heterocycles. The fraction of sp³-hybridized carbons (Fsp3) is 0.300. The highest BCUT2D eigenvalue weighted by Gasteiger charge is 2.42. The number of amides is 3. The minimum Gasteiger partial charge on any atom is -0.334 e. The molecule has 0 unspecified atom stereocenters. The number of halogens is 2. The molecule has 7 heteroatoms. The van der Waals surface area contributed by atoms with Gasteiger partial charge in [0, 0.05) is 11.6 Å². The summed E-state index contributed by atoms with van der Waals surface area (Å²) in [5, 5.41) is 8.40. The molecule has 1 aliphatic rings. The molecule has 3 N–H and O–H groups in total. The second kappa shape index (κ2) is 8.39. The number of hydrogen-bond donors (Lipinski definition) is 3. The van der Waals surface area contributed by atoms with Gasteiger partial charge in [0.25, 0.3) is 0 Å². The number of benzene rings is 2. The summed E-state index contributed by atoms with van der Waals surface area (Å²) in [6.07, 6.45) is 2.64. The molecule has 0 spiro atoms. The molecule has 2 aromatic rings. The van der Waals surface area contributed by atoms with Gasteiger partial charge in [-0.15, -0.1) is 0 Å². The average molecular weight is 390 g/mol. The Bertz CT molecular complexity index is 823. The molecule has 142 valence electrons. The highest BCUT2D eigenvalue weighted by Crippen LogP contribution is 2.31. The van der Waals surface area contributed by atoms with Crippen molar-refractivity contribution in [3.05, 3.63) is 64.9 Å². The summed E-state index contributed by atoms with van der Waals surface area (Å²) in [6.45, 7) is 0.357. The van der Waals surface area contributed by atoms with Crippen LogP contribution < -0.4 is 16.0 Å². The maximum Gasteiger partial charge on any atom is 0.315 e. The lowest BCUT2D eigenvalue weighted by molar-refractivity contribution is -0.121. The predicted molar refractivity (Wildman–Crippen MR) is 103 cm³/mol. The average Bonchev–Trinajstić information content (AvgIpc) is 3.13. The zero-order chi connectivity index (χ0) is 19.3. The molecule has 1 aliphatic carbocycles. The van der Waals surface area contributed by atoms with Crippen molar-refractivity contribution in [1.82, 2.24) is 10.6 Å². The molecule has 3 amide bonds. The Morgan fingerprint density at radius 3 is 2.44 bits per heavy atom. The number of rotatable bonds is 5. The fourth-order valence-corrected chi connectivity index (χ4v) is 3.42. The Labute approximate surface area is 162 Å². The summed E-state index contributed by atoms with van der Waals surface area (Å²) in [4.78, 5) is 25.2. The number of hydrogen-bond acceptors (Lipinski definition) is 2. The van der Waals surface area contributed by atoms with Crippen LogP contribution in [0.5, 0.6) is 0 Å². The minimum absolute atomic E-state index is 0.0437. The zero-order valence-electron chi connectivity index (χ0n) is 14.7. The second-order valence-corrected chi connectivity index (χ2v) is 7.10. The van der Waals surface area contributed by atoms with Gasteiger partial charge in [0.05, 0.1) is 5.69 Å². The van der Waals surface area contributed by atoms with Crippen LogP contribution in [0, 0.1) is 5.82 Å². The minimum atomic E-state index is -1.05. The molecule has 2 aromatic carbocycles. The first-order valence-corrected chi connectivity index (χ1v) is 9.23. The zero-order valence-corrected chi connectivity index (χ0v) is 15.5. The molecule has 0 aromatic heterocycles. The van der Waals surface area contributed by atoms with Gasteiger partial charge in [0.15, 0.2) is 0 Å². The summed E-state index contributed by atoms with van der Waals surface area (Å²) >= 11 is 5.74. The molecular weight excluding hydrogens is 369 g/mol. The predicted octanol–water partition coefficient (Wildman–Crippen LogP) is 4.23. The van der Waals surface area contributed by atoms with E-state index in [1.165, 1.54) is 12.1 Å². The summed E-state index contributed by atoms with van der Waals surface area (Å²) in [6, 6.07) is 13.1. The van der Waals surface area contributed by atoms with E-state index in [1.54, 1.807) is 0 Å². The third kappa shape index (κ3) is 4.77. The van der Waals surface area contributed by atoms with Gasteiger partial charge in [0.1, 0.15) is 11.4 Å². The van der Waals surface area contributed by atoms with Gasteiger partial charge in [-0.05, 0) is 36.6 Å². The van der Waals surface area contributed by atoms with Crippen molar-refractivity contribution >= 4 is 29.2 Å². The van der Waals surface area contributed by atoms with Gasteiger partial charge in [0.2, 0.25) is 5.91 Å². The van der Waals surface area contributed by atoms with E-state index in [4.69, 9.17) is 11.6 Å². The summed E-state index contributed by atoms with van der Waals surface area (Å²) in [7, 11) is 0. The topological polar surface area (TPSA) is 70.2 Å². The number of carbonyl (C=O) groups excluding carboxylic acids is 2. The maximum atomic E-state index is 14.0. The Hall–Kier alpha value is -2.60. The molecule has 27 heavy (non-hydrogen) atoms. The second-order valence-electron chi connectivity index (χ2n) is 6.66. The quantitative estimate of drug-likeness (QED) is 0.716. The summed E-state index contributed by atoms with van der Waals surface area (Å²) < 4.78 is 14.0. The van der Waals surface area contributed by atoms with Crippen LogP contribution in [-0.2, 0) is 11.3 Å². The SMILES string of the molecule is O=C(NCc1ccccc1)NC1(C(=O)Nc2ccc(Cl)cc2F)CCCC1. The van der Waals surface area contributed by atoms with E-state index in [1.807, 2.05) is 30.3 Å². The van der Waals surface area contributed by atoms with E-state index in [0.29, 0.717) is 19.4 Å². The lowest BCUT2D eigenvalue weighted by atomic mass is 9.96. The van der Waals surface area contributed by atoms with Crippen molar-refractivity contribution in [1.29, 1.82) is 0 Å². The Morgan fingerprint density at radius 2 is 1.78 bits per heavy atom. The Kier molecular flexibility index (Phi) is 5.96. The van der Waals surface area contributed by atoms with Crippen LogP contribution in [-0.4, -0.2) is 17.5 Å². The van der Waals surface area contributed by atoms with Crippen LogP contribution >= 0.6 is 11.6 Å². The van der Waals surface area contributed by atoms with Gasteiger partial charge in [-0.1, -0.05) is 54.8 Å². The van der Waals surface area contributed by atoms with Gasteiger partial charge in [-0.3, -0.25) is 4.79 Å². The molecule has 0 saturated heterocycles. The van der Waals surface area contributed by atoms with Crippen molar-refractivity contribution in [2.24, 2.45) is 0 Å². The molecule has 0 aliphatic heterocycles. The molecule has 1 fully saturated rings. The largest absolute Gasteiger partial charge is 0.334 e. The van der Waals surface area contributed by atoms with E-state index >= 15 is 0 Å². The summed E-state index contributed by atoms with van der Waals surface area (Å²) in [5.74, 6) is -1.03. The molecule has 0 radical (unpaired) electrons. The molecule has 3 rings (SSSR count). The number of urea groups is 1. The van der Waals surface area contributed by atoms with Gasteiger partial charge in [-0.2, -0.15) is 0 Å². The van der Waals surface area contributed by atoms with Crippen LogP contribution in [0.1, 0.15) is 31.2 Å². The Morgan fingerprint density at radius 1 is 1.07 bits per heavy atom. The van der Waals surface area contributed by atoms with Crippen LogP contribution in [0.2, 0.25) is 5.02 Å². The third-order valence-electron chi connectivity index (χ3n) is 4.72. The van der Waals surface area contributed by atoms with E-state index < -0.39 is 23.3 Å². The Balaban J connectivity index is 1.65. The lowest BCUT2D eigenvalue weighted by Gasteiger charge is -2.29. The van der Waals surface area contributed by atoms with E-state index in [-0.39, 0.29) is 10.7 Å². The normalized spacial score (nSPS) is 15.2. The van der Waals surface area contributed by atoms with Crippen LogP contribution in [0.4, 0.5) is 14.9 Å². The van der Waals surface area contributed by atoms with Crippen LogP contribution in [0.15, 0.2) is 48.5 Å². The number of anilines is 1. The maximum absolute atomic E-state index is 14.0. The standard InChI is InChI=1S/C20H21ClFN3O2/c21-15-8-9-17(16(22)12-15)24-18(26)20(10-4-5-11-20)25-19(27)23-13-14-6-2-1-3-7-14/h1-3,6-9,12H,4-5,10-11,13H2,(H,24,26)(H2,23,25,27). The highest BCUT2D eigenvalue weighted by atomic mass is 35.5. The van der Waals surface area contributed by atoms with Crippen molar-refractivity contribution in [2.75, 3.05) is 5.32 Å². The molecule has 0 bridgehead atoms. The van der Waals surface area contributed by atoms with E-state index in [9.17, 15) is 14.0 Å². The van der Waals surface area contributed by atoms with E-state index in [0.717, 1.165) is 24.5 Å². The van der Waals surface area contributed by atoms with Gasteiger partial charge >= 0.3 is 6.03 Å². The first-order valence-electron chi connectivity index (χ1n) is 8.85. The molecule has 5 nitrogen and oxygen atoms in total. The van der Waals surface area contributed by atoms with Crippen LogP contribution in [0.25, 0.3) is 0 Å². The molecular formula is C20H21ClFN3O2. The summed E-state index contributed by atoms with van der Waals surface area (Å²) in [5.41, 5.74) is -0.0460. The molecule has 0 atom stereocenters. The van der Waals surface area contributed by atoms with Gasteiger partial charge in [-0.25, -0.2) is 9.18 Å². The monoisotopic (exact) mass is 389 g/mol. The van der Waals surface area contributed by atoms with E-state index in [2.05, 4.69) is 16.0 Å². The first-order chi connectivity index (χ1) is 13.0. The van der Waals surface area contributed by atoms with Crippen molar-refractivity contribution in [3.63, 3.8) is 0 Å². The number of nitrogens with one attached hydrogen (secondary N) is 3. The van der Waals surface area contributed by atoms with Crippen LogP contribution in [0.3, 0.4) is 0 Å². The fourth-order valence-electron chi connectivity index (χ4n) is 3.26. The molecule has 1 saturated carbocycles. The first kappa shape index (κ1) is 19.2.